The fraction of sp³-hybridized carbons (Fsp3) is 0.429. The van der Waals surface area contributed by atoms with Gasteiger partial charge in [-0.15, -0.1) is 0 Å². The van der Waals surface area contributed by atoms with Crippen molar-refractivity contribution in [3.8, 4) is 5.75 Å². The van der Waals surface area contributed by atoms with Gasteiger partial charge >= 0.3 is 18.6 Å². The molecule has 5 nitrogen and oxygen atoms in total. The van der Waals surface area contributed by atoms with Crippen molar-refractivity contribution in [2.75, 3.05) is 13.7 Å². The number of alkyl halides is 2. The van der Waals surface area contributed by atoms with Gasteiger partial charge in [-0.05, 0) is 31.0 Å². The van der Waals surface area contributed by atoms with E-state index in [0.29, 0.717) is 12.0 Å². The molecule has 0 radical (unpaired) electrons. The lowest BCUT2D eigenvalue weighted by Crippen LogP contribution is -2.11. The normalized spacial score (nSPS) is 10.3. The lowest BCUT2D eigenvalue weighted by atomic mass is 10.1. The molecule has 0 aromatic heterocycles. The largest absolute Gasteiger partial charge is 0.469 e. The Hall–Kier alpha value is -2.18. The van der Waals surface area contributed by atoms with E-state index in [9.17, 15) is 18.4 Å². The highest BCUT2D eigenvalue weighted by atomic mass is 19.3. The average Bonchev–Trinajstić information content (AvgIpc) is 2.45. The molecule has 7 heteroatoms. The summed E-state index contributed by atoms with van der Waals surface area (Å²) in [5.41, 5.74) is 0.518. The van der Waals surface area contributed by atoms with Crippen LogP contribution in [0.5, 0.6) is 5.75 Å². The first-order valence-electron chi connectivity index (χ1n) is 6.29. The van der Waals surface area contributed by atoms with Crippen LogP contribution in [0, 0.1) is 0 Å². The van der Waals surface area contributed by atoms with E-state index in [0.717, 1.165) is 0 Å². The van der Waals surface area contributed by atoms with Gasteiger partial charge in [0.15, 0.2) is 0 Å². The zero-order valence-electron chi connectivity index (χ0n) is 11.7. The van der Waals surface area contributed by atoms with Gasteiger partial charge in [-0.3, -0.25) is 4.79 Å². The summed E-state index contributed by atoms with van der Waals surface area (Å²) in [4.78, 5) is 22.8. The molecular weight excluding hydrogens is 286 g/mol. The molecule has 0 bridgehead atoms. The number of aryl methyl sites for hydroxylation is 1. The monoisotopic (exact) mass is 302 g/mol. The number of esters is 2. The Bertz CT molecular complexity index is 502. The number of rotatable bonds is 7. The summed E-state index contributed by atoms with van der Waals surface area (Å²) in [6, 6.07) is 4.13. The molecule has 0 aliphatic heterocycles. The van der Waals surface area contributed by atoms with Gasteiger partial charge in [0.2, 0.25) is 0 Å². The van der Waals surface area contributed by atoms with Gasteiger partial charge in [-0.1, -0.05) is 6.07 Å². The zero-order chi connectivity index (χ0) is 15.8. The van der Waals surface area contributed by atoms with Crippen LogP contribution in [0.25, 0.3) is 0 Å². The number of methoxy groups -OCH3 is 1. The van der Waals surface area contributed by atoms with E-state index in [1.54, 1.807) is 6.92 Å². The Balaban J connectivity index is 2.96. The van der Waals surface area contributed by atoms with Crippen LogP contribution >= 0.6 is 0 Å². The van der Waals surface area contributed by atoms with Gasteiger partial charge in [0.25, 0.3) is 0 Å². The van der Waals surface area contributed by atoms with E-state index < -0.39 is 18.6 Å². The predicted octanol–water partition coefficient (Wildman–Crippen LogP) is 2.57. The fourth-order valence-electron chi connectivity index (χ4n) is 1.65. The summed E-state index contributed by atoms with van der Waals surface area (Å²) in [5, 5.41) is 0. The molecule has 0 unspecified atom stereocenters. The third kappa shape index (κ3) is 5.37. The highest BCUT2D eigenvalue weighted by Gasteiger charge is 2.18. The Morgan fingerprint density at radius 3 is 2.57 bits per heavy atom. The van der Waals surface area contributed by atoms with Crippen molar-refractivity contribution in [1.82, 2.24) is 0 Å². The standard InChI is InChI=1S/C14H16F2O5/c1-3-20-13(18)10-8-9(5-7-12(17)19-2)4-6-11(10)21-14(15)16/h4,6,8,14H,3,5,7H2,1-2H3. The van der Waals surface area contributed by atoms with Crippen LogP contribution in [0.1, 0.15) is 29.3 Å². The second-order valence-corrected chi connectivity index (χ2v) is 4.01. The van der Waals surface area contributed by atoms with Crippen molar-refractivity contribution in [2.24, 2.45) is 0 Å². The summed E-state index contributed by atoms with van der Waals surface area (Å²) >= 11 is 0. The lowest BCUT2D eigenvalue weighted by molar-refractivity contribution is -0.140. The Morgan fingerprint density at radius 1 is 1.29 bits per heavy atom. The second kappa shape index (κ2) is 8.18. The van der Waals surface area contributed by atoms with Crippen molar-refractivity contribution in [2.45, 2.75) is 26.4 Å². The summed E-state index contributed by atoms with van der Waals surface area (Å²) in [5.74, 6) is -1.42. The molecule has 0 aliphatic rings. The Kier molecular flexibility index (Phi) is 6.58. The van der Waals surface area contributed by atoms with E-state index in [2.05, 4.69) is 9.47 Å². The van der Waals surface area contributed by atoms with Crippen molar-refractivity contribution in [3.05, 3.63) is 29.3 Å². The van der Waals surface area contributed by atoms with E-state index in [1.165, 1.54) is 25.3 Å². The Labute approximate surface area is 120 Å². The average molecular weight is 302 g/mol. The minimum atomic E-state index is -3.04. The minimum absolute atomic E-state index is 0.0977. The molecule has 0 saturated carbocycles. The summed E-state index contributed by atoms with van der Waals surface area (Å²) in [6.45, 7) is -1.33. The van der Waals surface area contributed by atoms with Crippen LogP contribution in [0.2, 0.25) is 0 Å². The minimum Gasteiger partial charge on any atom is -0.469 e. The molecule has 0 saturated heterocycles. The fourth-order valence-corrected chi connectivity index (χ4v) is 1.65. The van der Waals surface area contributed by atoms with Crippen LogP contribution in [0.4, 0.5) is 8.78 Å². The van der Waals surface area contributed by atoms with Gasteiger partial charge in [0.05, 0.1) is 13.7 Å². The first-order chi connectivity index (χ1) is 9.97. The van der Waals surface area contributed by atoms with Crippen LogP contribution in [-0.4, -0.2) is 32.3 Å². The third-order valence-corrected chi connectivity index (χ3v) is 2.60. The number of carbonyl (C=O) groups is 2. The SMILES string of the molecule is CCOC(=O)c1cc(CCC(=O)OC)ccc1OC(F)F. The molecule has 21 heavy (non-hydrogen) atoms. The van der Waals surface area contributed by atoms with Crippen molar-refractivity contribution in [1.29, 1.82) is 0 Å². The van der Waals surface area contributed by atoms with Gasteiger partial charge in [0, 0.05) is 6.42 Å². The first kappa shape index (κ1) is 16.9. The molecule has 0 atom stereocenters. The molecule has 0 spiro atoms. The molecule has 0 fully saturated rings. The maximum atomic E-state index is 12.3. The van der Waals surface area contributed by atoms with Crippen LogP contribution in [-0.2, 0) is 20.7 Å². The lowest BCUT2D eigenvalue weighted by Gasteiger charge is -2.11. The van der Waals surface area contributed by atoms with E-state index in [4.69, 9.17) is 4.74 Å². The highest BCUT2D eigenvalue weighted by Crippen LogP contribution is 2.24. The molecule has 1 rings (SSSR count). The highest BCUT2D eigenvalue weighted by molar-refractivity contribution is 5.92. The molecule has 0 amide bonds. The molecule has 116 valence electrons. The summed E-state index contributed by atoms with van der Waals surface area (Å²) < 4.78 is 38.2. The first-order valence-corrected chi connectivity index (χ1v) is 6.29. The second-order valence-electron chi connectivity index (χ2n) is 4.01. The van der Waals surface area contributed by atoms with Gasteiger partial charge in [-0.2, -0.15) is 8.78 Å². The predicted molar refractivity (Wildman–Crippen MR) is 69.4 cm³/mol. The van der Waals surface area contributed by atoms with Gasteiger partial charge in [0.1, 0.15) is 11.3 Å². The zero-order valence-corrected chi connectivity index (χ0v) is 11.7. The quantitative estimate of drug-likeness (QED) is 0.724. The molecule has 0 aliphatic carbocycles. The van der Waals surface area contributed by atoms with E-state index >= 15 is 0 Å². The van der Waals surface area contributed by atoms with Crippen LogP contribution in [0.15, 0.2) is 18.2 Å². The number of carbonyl (C=O) groups excluding carboxylic acids is 2. The molecule has 0 N–H and O–H groups in total. The number of hydrogen-bond acceptors (Lipinski definition) is 5. The molecule has 1 aromatic rings. The summed E-state index contributed by atoms with van der Waals surface area (Å²) in [7, 11) is 1.27. The van der Waals surface area contributed by atoms with Gasteiger partial charge in [-0.25, -0.2) is 4.79 Å². The molecule has 1 aromatic carbocycles. The molecule has 0 heterocycles. The smallest absolute Gasteiger partial charge is 0.387 e. The van der Waals surface area contributed by atoms with E-state index in [1.807, 2.05) is 0 Å². The number of hydrogen-bond donors (Lipinski definition) is 0. The number of halogens is 2. The third-order valence-electron chi connectivity index (χ3n) is 2.60. The Morgan fingerprint density at radius 2 is 2.00 bits per heavy atom. The summed E-state index contributed by atoms with van der Waals surface area (Å²) in [6.07, 6.45) is 0.432. The van der Waals surface area contributed by atoms with E-state index in [-0.39, 0.29) is 24.3 Å². The van der Waals surface area contributed by atoms with Crippen molar-refractivity contribution >= 4 is 11.9 Å². The maximum Gasteiger partial charge on any atom is 0.387 e. The van der Waals surface area contributed by atoms with Crippen molar-refractivity contribution in [3.63, 3.8) is 0 Å². The number of ether oxygens (including phenoxy) is 3. The van der Waals surface area contributed by atoms with Crippen LogP contribution < -0.4 is 4.74 Å². The topological polar surface area (TPSA) is 61.8 Å². The molecular formula is C14H16F2O5. The maximum absolute atomic E-state index is 12.3. The van der Waals surface area contributed by atoms with Crippen molar-refractivity contribution < 1.29 is 32.6 Å². The van der Waals surface area contributed by atoms with Crippen LogP contribution in [0.3, 0.4) is 0 Å². The number of benzene rings is 1. The van der Waals surface area contributed by atoms with Gasteiger partial charge < -0.3 is 14.2 Å².